The highest BCUT2D eigenvalue weighted by Gasteiger charge is 2.33. The van der Waals surface area contributed by atoms with Crippen molar-refractivity contribution in [2.75, 3.05) is 0 Å². The Labute approximate surface area is 341 Å². The van der Waals surface area contributed by atoms with Gasteiger partial charge in [-0.3, -0.25) is 4.57 Å². The summed E-state index contributed by atoms with van der Waals surface area (Å²) in [6.07, 6.45) is 5.61. The van der Waals surface area contributed by atoms with E-state index >= 15 is 0 Å². The Bertz CT molecular complexity index is 3440. The number of rotatable bonds is 4. The van der Waals surface area contributed by atoms with E-state index in [-0.39, 0.29) is 0 Å². The molecule has 0 saturated heterocycles. The van der Waals surface area contributed by atoms with Crippen LogP contribution in [0.4, 0.5) is 0 Å². The number of nitrogens with zero attached hydrogens (tertiary/aromatic N) is 3. The molecule has 0 fully saturated rings. The van der Waals surface area contributed by atoms with Gasteiger partial charge in [0.25, 0.3) is 0 Å². The Hall–Kier alpha value is -6.27. The summed E-state index contributed by atoms with van der Waals surface area (Å²) < 4.78 is 3.53. The monoisotopic (exact) mass is 809 g/mol. The Morgan fingerprint density at radius 1 is 0.544 bits per heavy atom. The zero-order valence-electron chi connectivity index (χ0n) is 30.7. The number of aromatic nitrogens is 3. The second kappa shape index (κ2) is 12.9. The molecule has 1 atom stereocenters. The Morgan fingerprint density at radius 3 is 2.11 bits per heavy atom. The van der Waals surface area contributed by atoms with Crippen molar-refractivity contribution in [2.24, 2.45) is 5.92 Å². The maximum atomic E-state index is 5.50. The summed E-state index contributed by atoms with van der Waals surface area (Å²) in [5.41, 5.74) is 9.00. The number of thioether (sulfide) groups is 1. The van der Waals surface area contributed by atoms with E-state index in [9.17, 15) is 0 Å². The minimum absolute atomic E-state index is 0.302. The number of halogens is 1. The lowest BCUT2D eigenvalue weighted by Crippen LogP contribution is -2.04. The molecule has 57 heavy (non-hydrogen) atoms. The molecule has 1 aliphatic heterocycles. The lowest BCUT2D eigenvalue weighted by molar-refractivity contribution is 0.823. The van der Waals surface area contributed by atoms with Crippen LogP contribution < -0.4 is 0 Å². The van der Waals surface area contributed by atoms with Gasteiger partial charge in [0.15, 0.2) is 0 Å². The maximum Gasteiger partial charge on any atom is 0.235 e. The predicted octanol–water partition coefficient (Wildman–Crippen LogP) is 14.7. The van der Waals surface area contributed by atoms with Gasteiger partial charge in [0.2, 0.25) is 5.95 Å². The minimum atomic E-state index is 0.302. The fraction of sp³-hybridized carbons (Fsp3) is 0.0385. The van der Waals surface area contributed by atoms with E-state index in [1.54, 1.807) is 0 Å². The Morgan fingerprint density at radius 2 is 1.23 bits per heavy atom. The molecule has 0 radical (unpaired) electrons. The SMILES string of the molecule is BrC1=C(c2cccc3ccccc23)SC2=CC=C(c3ccc4c(c3)c3ccccc3n4-c3nc(-c4ccc5ccccc5c4)c4c(ccc5ccccc54)n3)CC21. The number of benzene rings is 8. The zero-order chi connectivity index (χ0) is 37.6. The molecule has 10 aromatic rings. The van der Waals surface area contributed by atoms with E-state index < -0.39 is 0 Å². The molecule has 1 unspecified atom stereocenters. The normalized spacial score (nSPS) is 15.6. The average Bonchev–Trinajstić information content (AvgIpc) is 3.79. The summed E-state index contributed by atoms with van der Waals surface area (Å²) >= 11 is 6.02. The largest absolute Gasteiger partial charge is 0.278 e. The fourth-order valence-corrected chi connectivity index (χ4v) is 11.3. The van der Waals surface area contributed by atoms with Gasteiger partial charge in [-0.25, -0.2) is 9.97 Å². The highest BCUT2D eigenvalue weighted by Crippen LogP contribution is 2.57. The topological polar surface area (TPSA) is 30.7 Å². The predicted molar refractivity (Wildman–Crippen MR) is 246 cm³/mol. The van der Waals surface area contributed by atoms with Crippen molar-refractivity contribution in [1.82, 2.24) is 14.5 Å². The third-order valence-electron chi connectivity index (χ3n) is 11.8. The first kappa shape index (κ1) is 32.9. The van der Waals surface area contributed by atoms with Gasteiger partial charge in [-0.1, -0.05) is 173 Å². The van der Waals surface area contributed by atoms with E-state index in [4.69, 9.17) is 9.97 Å². The highest BCUT2D eigenvalue weighted by molar-refractivity contribution is 9.12. The minimum Gasteiger partial charge on any atom is -0.278 e. The van der Waals surface area contributed by atoms with E-state index in [1.165, 1.54) is 68.7 Å². The number of hydrogen-bond acceptors (Lipinski definition) is 3. The van der Waals surface area contributed by atoms with Crippen molar-refractivity contribution in [3.8, 4) is 17.2 Å². The maximum absolute atomic E-state index is 5.50. The molecule has 0 bridgehead atoms. The first-order valence-electron chi connectivity index (χ1n) is 19.4. The van der Waals surface area contributed by atoms with Gasteiger partial charge in [0.05, 0.1) is 22.2 Å². The lowest BCUT2D eigenvalue weighted by Gasteiger charge is -2.20. The van der Waals surface area contributed by atoms with Gasteiger partial charge in [0, 0.05) is 37.0 Å². The van der Waals surface area contributed by atoms with Crippen molar-refractivity contribution >= 4 is 103 Å². The summed E-state index contributed by atoms with van der Waals surface area (Å²) in [5.74, 6) is 0.971. The second-order valence-corrected chi connectivity index (χ2v) is 17.0. The number of fused-ring (bicyclic) bond motifs is 9. The van der Waals surface area contributed by atoms with E-state index in [1.807, 2.05) is 11.8 Å². The van der Waals surface area contributed by atoms with Crippen LogP contribution in [0, 0.1) is 5.92 Å². The van der Waals surface area contributed by atoms with Gasteiger partial charge in [-0.2, -0.15) is 0 Å². The zero-order valence-corrected chi connectivity index (χ0v) is 33.1. The highest BCUT2D eigenvalue weighted by atomic mass is 79.9. The molecule has 0 saturated carbocycles. The second-order valence-electron chi connectivity index (χ2n) is 15.0. The molecule has 3 heterocycles. The molecule has 8 aromatic carbocycles. The van der Waals surface area contributed by atoms with E-state index in [0.29, 0.717) is 11.9 Å². The van der Waals surface area contributed by atoms with Crippen LogP contribution in [0.15, 0.2) is 185 Å². The molecule has 0 spiro atoms. The van der Waals surface area contributed by atoms with Gasteiger partial charge in [-0.15, -0.1) is 0 Å². The van der Waals surface area contributed by atoms with Crippen LogP contribution in [-0.2, 0) is 0 Å². The fourth-order valence-electron chi connectivity index (χ4n) is 9.08. The summed E-state index contributed by atoms with van der Waals surface area (Å²) in [5, 5.41) is 10.7. The molecular weight excluding hydrogens is 779 g/mol. The van der Waals surface area contributed by atoms with Crippen molar-refractivity contribution < 1.29 is 0 Å². The van der Waals surface area contributed by atoms with Gasteiger partial charge >= 0.3 is 0 Å². The molecule has 2 aromatic heterocycles. The molecule has 268 valence electrons. The van der Waals surface area contributed by atoms with Crippen LogP contribution >= 0.6 is 27.7 Å². The first-order chi connectivity index (χ1) is 28.2. The number of para-hydroxylation sites is 1. The van der Waals surface area contributed by atoms with Crippen LogP contribution in [0.2, 0.25) is 0 Å². The van der Waals surface area contributed by atoms with Crippen LogP contribution in [0.3, 0.4) is 0 Å². The molecule has 0 N–H and O–H groups in total. The smallest absolute Gasteiger partial charge is 0.235 e. The Balaban J connectivity index is 0.996. The quantitative estimate of drug-likeness (QED) is 0.166. The first-order valence-corrected chi connectivity index (χ1v) is 21.0. The lowest BCUT2D eigenvalue weighted by atomic mass is 9.88. The standard InChI is InChI=1S/C52H32BrN3S/c53-49-43-30-36(24-27-47(43)57-51(49)41-18-9-14-32-11-3-5-15-38(32)41)35-23-26-46-42(29-35)40-17-7-8-19-45(40)56(46)52-54-44-25-22-33-12-4-6-16-39(33)48(44)50(55-52)37-21-20-31-10-1-2-13-34(31)28-37/h1-29,43H,30H2. The molecule has 3 nitrogen and oxygen atoms in total. The van der Waals surface area contributed by atoms with Crippen LogP contribution in [0.1, 0.15) is 17.5 Å². The number of allylic oxidation sites excluding steroid dienone is 5. The average molecular weight is 811 g/mol. The molecule has 0 amide bonds. The van der Waals surface area contributed by atoms with Crippen molar-refractivity contribution in [2.45, 2.75) is 6.42 Å². The van der Waals surface area contributed by atoms with Crippen molar-refractivity contribution in [3.05, 3.63) is 196 Å². The summed E-state index contributed by atoms with van der Waals surface area (Å²) in [4.78, 5) is 13.6. The van der Waals surface area contributed by atoms with Crippen LogP contribution in [0.25, 0.3) is 92.7 Å². The molecule has 5 heteroatoms. The van der Waals surface area contributed by atoms with E-state index in [0.717, 1.165) is 45.0 Å². The van der Waals surface area contributed by atoms with Gasteiger partial charge in [-0.05, 0) is 90.7 Å². The molecular formula is C52H32BrN3S. The molecule has 12 rings (SSSR count). The Kier molecular flexibility index (Phi) is 7.44. The van der Waals surface area contributed by atoms with Crippen LogP contribution in [-0.4, -0.2) is 14.5 Å². The number of hydrogen-bond donors (Lipinski definition) is 0. The summed E-state index contributed by atoms with van der Waals surface area (Å²) in [6, 6.07) is 59.0. The third kappa shape index (κ3) is 5.19. The summed E-state index contributed by atoms with van der Waals surface area (Å²) in [7, 11) is 0. The van der Waals surface area contributed by atoms with E-state index in [2.05, 4.69) is 196 Å². The molecule has 1 aliphatic carbocycles. The van der Waals surface area contributed by atoms with Gasteiger partial charge in [0.1, 0.15) is 0 Å². The van der Waals surface area contributed by atoms with Crippen molar-refractivity contribution in [1.29, 1.82) is 0 Å². The summed E-state index contributed by atoms with van der Waals surface area (Å²) in [6.45, 7) is 0. The van der Waals surface area contributed by atoms with Gasteiger partial charge < -0.3 is 0 Å². The molecule has 2 aliphatic rings. The van der Waals surface area contributed by atoms with Crippen LogP contribution in [0.5, 0.6) is 0 Å². The third-order valence-corrected chi connectivity index (χ3v) is 14.3. The van der Waals surface area contributed by atoms with Crippen molar-refractivity contribution in [3.63, 3.8) is 0 Å².